The fourth-order valence-corrected chi connectivity index (χ4v) is 1.26. The molecule has 19 heavy (non-hydrogen) atoms. The van der Waals surface area contributed by atoms with Crippen LogP contribution in [0.4, 0.5) is 13.6 Å². The van der Waals surface area contributed by atoms with Crippen molar-refractivity contribution in [2.75, 3.05) is 13.2 Å². The Morgan fingerprint density at radius 3 is 2.58 bits per heavy atom. The van der Waals surface area contributed by atoms with Crippen LogP contribution in [0, 0.1) is 11.6 Å². The predicted molar refractivity (Wildman–Crippen MR) is 63.2 cm³/mol. The molecule has 0 saturated heterocycles. The maximum Gasteiger partial charge on any atom is 0.325 e. The Labute approximate surface area is 108 Å². The molecule has 2 N–H and O–H groups in total. The van der Waals surface area contributed by atoms with Crippen LogP contribution in [0.3, 0.4) is 0 Å². The summed E-state index contributed by atoms with van der Waals surface area (Å²) in [6.45, 7) is 1.65. The third-order valence-corrected chi connectivity index (χ3v) is 2.14. The number of carbonyl (C=O) groups excluding carboxylic acids is 2. The molecule has 0 atom stereocenters. The van der Waals surface area contributed by atoms with E-state index in [1.807, 2.05) is 0 Å². The fourth-order valence-electron chi connectivity index (χ4n) is 1.26. The lowest BCUT2D eigenvalue weighted by molar-refractivity contribution is -0.141. The molecule has 0 aliphatic heterocycles. The van der Waals surface area contributed by atoms with Crippen LogP contribution < -0.4 is 10.6 Å². The second kappa shape index (κ2) is 7.30. The van der Waals surface area contributed by atoms with Gasteiger partial charge in [-0.05, 0) is 24.6 Å². The number of urea groups is 1. The molecule has 0 saturated carbocycles. The fraction of sp³-hybridized carbons (Fsp3) is 0.333. The average molecular weight is 272 g/mol. The van der Waals surface area contributed by atoms with Gasteiger partial charge in [0.2, 0.25) is 0 Å². The van der Waals surface area contributed by atoms with E-state index in [9.17, 15) is 18.4 Å². The van der Waals surface area contributed by atoms with Crippen LogP contribution in [-0.2, 0) is 16.1 Å². The van der Waals surface area contributed by atoms with Crippen molar-refractivity contribution in [3.8, 4) is 0 Å². The van der Waals surface area contributed by atoms with Crippen molar-refractivity contribution in [1.29, 1.82) is 0 Å². The second-order valence-electron chi connectivity index (χ2n) is 3.59. The molecule has 1 aromatic carbocycles. The number of halogens is 2. The molecule has 104 valence electrons. The topological polar surface area (TPSA) is 67.4 Å². The molecule has 0 heterocycles. The lowest BCUT2D eigenvalue weighted by atomic mass is 10.2. The molecular formula is C12H14F2N2O3. The smallest absolute Gasteiger partial charge is 0.325 e. The van der Waals surface area contributed by atoms with Crippen LogP contribution in [0.25, 0.3) is 0 Å². The average Bonchev–Trinajstić information content (AvgIpc) is 2.38. The number of hydrogen-bond donors (Lipinski definition) is 2. The summed E-state index contributed by atoms with van der Waals surface area (Å²) in [6, 6.07) is 2.71. The van der Waals surface area contributed by atoms with E-state index in [4.69, 9.17) is 0 Å². The molecule has 5 nitrogen and oxygen atoms in total. The molecule has 0 bridgehead atoms. The Kier molecular flexibility index (Phi) is 5.72. The molecule has 7 heteroatoms. The lowest BCUT2D eigenvalue weighted by Crippen LogP contribution is -2.38. The van der Waals surface area contributed by atoms with E-state index in [2.05, 4.69) is 15.4 Å². The van der Waals surface area contributed by atoms with Crippen LogP contribution >= 0.6 is 0 Å². The largest absolute Gasteiger partial charge is 0.465 e. The molecule has 0 aliphatic rings. The summed E-state index contributed by atoms with van der Waals surface area (Å²) >= 11 is 0. The highest BCUT2D eigenvalue weighted by molar-refractivity contribution is 5.80. The third-order valence-electron chi connectivity index (χ3n) is 2.14. The summed E-state index contributed by atoms with van der Waals surface area (Å²) in [4.78, 5) is 22.2. The summed E-state index contributed by atoms with van der Waals surface area (Å²) in [5, 5.41) is 4.67. The summed E-state index contributed by atoms with van der Waals surface area (Å²) in [5.74, 6) is -2.48. The molecule has 2 amide bonds. The number of amides is 2. The highest BCUT2D eigenvalue weighted by atomic mass is 19.2. The van der Waals surface area contributed by atoms with Crippen molar-refractivity contribution in [3.63, 3.8) is 0 Å². The van der Waals surface area contributed by atoms with Gasteiger partial charge in [0.15, 0.2) is 11.6 Å². The van der Waals surface area contributed by atoms with Crippen LogP contribution in [-0.4, -0.2) is 25.2 Å². The van der Waals surface area contributed by atoms with E-state index in [1.165, 1.54) is 6.07 Å². The van der Waals surface area contributed by atoms with Crippen molar-refractivity contribution in [1.82, 2.24) is 10.6 Å². The Morgan fingerprint density at radius 1 is 1.21 bits per heavy atom. The van der Waals surface area contributed by atoms with Gasteiger partial charge in [0.1, 0.15) is 6.54 Å². The Balaban J connectivity index is 2.33. The third kappa shape index (κ3) is 5.33. The van der Waals surface area contributed by atoms with E-state index < -0.39 is 23.6 Å². The van der Waals surface area contributed by atoms with Gasteiger partial charge in [-0.25, -0.2) is 13.6 Å². The number of esters is 1. The normalized spacial score (nSPS) is 9.84. The van der Waals surface area contributed by atoms with Gasteiger partial charge in [-0.2, -0.15) is 0 Å². The highest BCUT2D eigenvalue weighted by Crippen LogP contribution is 2.08. The number of benzene rings is 1. The van der Waals surface area contributed by atoms with Gasteiger partial charge < -0.3 is 15.4 Å². The van der Waals surface area contributed by atoms with Gasteiger partial charge in [0.25, 0.3) is 0 Å². The van der Waals surface area contributed by atoms with Crippen molar-refractivity contribution in [3.05, 3.63) is 35.4 Å². The van der Waals surface area contributed by atoms with Crippen LogP contribution in [0.2, 0.25) is 0 Å². The highest BCUT2D eigenvalue weighted by Gasteiger charge is 2.06. The van der Waals surface area contributed by atoms with E-state index in [0.717, 1.165) is 12.1 Å². The van der Waals surface area contributed by atoms with Crippen LogP contribution in [0.5, 0.6) is 0 Å². The van der Waals surface area contributed by atoms with Crippen molar-refractivity contribution in [2.24, 2.45) is 0 Å². The lowest BCUT2D eigenvalue weighted by Gasteiger charge is -2.07. The van der Waals surface area contributed by atoms with Gasteiger partial charge in [-0.3, -0.25) is 4.79 Å². The molecule has 1 rings (SSSR count). The first-order chi connectivity index (χ1) is 9.02. The first-order valence-corrected chi connectivity index (χ1v) is 5.64. The van der Waals surface area contributed by atoms with Crippen molar-refractivity contribution < 1.29 is 23.1 Å². The first-order valence-electron chi connectivity index (χ1n) is 5.64. The Bertz CT molecular complexity index is 466. The monoisotopic (exact) mass is 272 g/mol. The van der Waals surface area contributed by atoms with E-state index in [-0.39, 0.29) is 19.7 Å². The molecule has 1 aromatic rings. The first kappa shape index (κ1) is 14.9. The maximum absolute atomic E-state index is 12.9. The Hall–Kier alpha value is -2.18. The SMILES string of the molecule is CCOC(=O)CNC(=O)NCc1ccc(F)c(F)c1. The van der Waals surface area contributed by atoms with E-state index in [0.29, 0.717) is 5.56 Å². The van der Waals surface area contributed by atoms with Gasteiger partial charge in [0, 0.05) is 6.54 Å². The zero-order chi connectivity index (χ0) is 14.3. The maximum atomic E-state index is 12.9. The summed E-state index contributed by atoms with van der Waals surface area (Å²) in [7, 11) is 0. The summed E-state index contributed by atoms with van der Waals surface area (Å²) in [5.41, 5.74) is 0.408. The van der Waals surface area contributed by atoms with Gasteiger partial charge in [-0.1, -0.05) is 6.07 Å². The molecule has 0 unspecified atom stereocenters. The number of carbonyl (C=O) groups is 2. The minimum atomic E-state index is -0.980. The van der Waals surface area contributed by atoms with Crippen molar-refractivity contribution in [2.45, 2.75) is 13.5 Å². The van der Waals surface area contributed by atoms with Gasteiger partial charge in [-0.15, -0.1) is 0 Å². The quantitative estimate of drug-likeness (QED) is 0.795. The number of hydrogen-bond acceptors (Lipinski definition) is 3. The molecule has 0 aliphatic carbocycles. The number of rotatable bonds is 5. The van der Waals surface area contributed by atoms with Gasteiger partial charge in [0.05, 0.1) is 6.61 Å². The molecular weight excluding hydrogens is 258 g/mol. The number of nitrogens with one attached hydrogen (secondary N) is 2. The van der Waals surface area contributed by atoms with E-state index >= 15 is 0 Å². The second-order valence-corrected chi connectivity index (χ2v) is 3.59. The van der Waals surface area contributed by atoms with E-state index in [1.54, 1.807) is 6.92 Å². The standard InChI is InChI=1S/C12H14F2N2O3/c1-2-19-11(17)7-16-12(18)15-6-8-3-4-9(13)10(14)5-8/h3-5H,2,6-7H2,1H3,(H2,15,16,18). The predicted octanol–water partition coefficient (Wildman–Crippen LogP) is 1.33. The van der Waals surface area contributed by atoms with Crippen LogP contribution in [0.1, 0.15) is 12.5 Å². The molecule has 0 aromatic heterocycles. The van der Waals surface area contributed by atoms with Crippen molar-refractivity contribution >= 4 is 12.0 Å². The zero-order valence-corrected chi connectivity index (χ0v) is 10.3. The number of ether oxygens (including phenoxy) is 1. The minimum Gasteiger partial charge on any atom is -0.465 e. The minimum absolute atomic E-state index is 0.0197. The van der Waals surface area contributed by atoms with Crippen LogP contribution in [0.15, 0.2) is 18.2 Å². The summed E-state index contributed by atoms with van der Waals surface area (Å²) in [6.07, 6.45) is 0. The molecule has 0 fully saturated rings. The zero-order valence-electron chi connectivity index (χ0n) is 10.3. The summed E-state index contributed by atoms with van der Waals surface area (Å²) < 4.78 is 30.1. The van der Waals surface area contributed by atoms with Gasteiger partial charge >= 0.3 is 12.0 Å². The molecule has 0 spiro atoms. The Morgan fingerprint density at radius 2 is 1.95 bits per heavy atom. The molecule has 0 radical (unpaired) electrons.